The molecule has 76 valence electrons. The van der Waals surface area contributed by atoms with E-state index in [9.17, 15) is 9.59 Å². The summed E-state index contributed by atoms with van der Waals surface area (Å²) in [5.41, 5.74) is 5.66. The average molecular weight is 196 g/mol. The van der Waals surface area contributed by atoms with Crippen molar-refractivity contribution in [3.05, 3.63) is 28.2 Å². The van der Waals surface area contributed by atoms with E-state index in [4.69, 9.17) is 10.5 Å². The lowest BCUT2D eigenvalue weighted by molar-refractivity contribution is -0.142. The SMILES string of the molecule is CCOC(=O)Cc1cc[nH]c(=O)c1N. The van der Waals surface area contributed by atoms with Gasteiger partial charge < -0.3 is 15.5 Å². The molecule has 14 heavy (non-hydrogen) atoms. The van der Waals surface area contributed by atoms with Gasteiger partial charge in [0, 0.05) is 6.20 Å². The van der Waals surface area contributed by atoms with E-state index in [0.717, 1.165) is 0 Å². The number of nitrogens with one attached hydrogen (secondary N) is 1. The number of anilines is 1. The number of nitrogens with two attached hydrogens (primary N) is 1. The maximum Gasteiger partial charge on any atom is 0.310 e. The zero-order valence-corrected chi connectivity index (χ0v) is 7.87. The summed E-state index contributed by atoms with van der Waals surface area (Å²) < 4.78 is 4.73. The van der Waals surface area contributed by atoms with Gasteiger partial charge in [-0.15, -0.1) is 0 Å². The van der Waals surface area contributed by atoms with Gasteiger partial charge in [-0.1, -0.05) is 0 Å². The maximum atomic E-state index is 11.1. The fourth-order valence-electron chi connectivity index (χ4n) is 1.05. The second-order valence-corrected chi connectivity index (χ2v) is 2.73. The number of rotatable bonds is 3. The molecule has 0 amide bonds. The highest BCUT2D eigenvalue weighted by atomic mass is 16.5. The van der Waals surface area contributed by atoms with Crippen molar-refractivity contribution >= 4 is 11.7 Å². The zero-order chi connectivity index (χ0) is 10.6. The van der Waals surface area contributed by atoms with Crippen molar-refractivity contribution in [2.45, 2.75) is 13.3 Å². The number of aromatic nitrogens is 1. The zero-order valence-electron chi connectivity index (χ0n) is 7.87. The van der Waals surface area contributed by atoms with Gasteiger partial charge in [0.2, 0.25) is 0 Å². The third-order valence-electron chi connectivity index (χ3n) is 1.73. The molecule has 1 heterocycles. The van der Waals surface area contributed by atoms with Crippen LogP contribution in [0.15, 0.2) is 17.1 Å². The van der Waals surface area contributed by atoms with Crippen molar-refractivity contribution in [1.29, 1.82) is 0 Å². The van der Waals surface area contributed by atoms with Crippen LogP contribution in [0.4, 0.5) is 5.69 Å². The van der Waals surface area contributed by atoms with Crippen molar-refractivity contribution in [2.24, 2.45) is 0 Å². The monoisotopic (exact) mass is 196 g/mol. The molecular formula is C9H12N2O3. The van der Waals surface area contributed by atoms with Crippen molar-refractivity contribution < 1.29 is 9.53 Å². The van der Waals surface area contributed by atoms with Crippen LogP contribution in [0.5, 0.6) is 0 Å². The molecule has 0 aliphatic rings. The highest BCUT2D eigenvalue weighted by molar-refractivity contribution is 5.74. The number of nitrogen functional groups attached to an aromatic ring is 1. The fourth-order valence-corrected chi connectivity index (χ4v) is 1.05. The van der Waals surface area contributed by atoms with Crippen LogP contribution in [-0.2, 0) is 16.0 Å². The Bertz CT molecular complexity index is 384. The average Bonchev–Trinajstić information content (AvgIpc) is 2.13. The third kappa shape index (κ3) is 2.35. The molecule has 0 fully saturated rings. The van der Waals surface area contributed by atoms with E-state index in [0.29, 0.717) is 12.2 Å². The first-order valence-electron chi connectivity index (χ1n) is 4.26. The molecule has 1 aromatic rings. The first-order valence-corrected chi connectivity index (χ1v) is 4.26. The molecule has 5 nitrogen and oxygen atoms in total. The van der Waals surface area contributed by atoms with Crippen molar-refractivity contribution in [3.8, 4) is 0 Å². The van der Waals surface area contributed by atoms with Crippen LogP contribution in [0.1, 0.15) is 12.5 Å². The Morgan fingerprint density at radius 1 is 1.64 bits per heavy atom. The Kier molecular flexibility index (Phi) is 3.28. The van der Waals surface area contributed by atoms with Gasteiger partial charge in [0.05, 0.1) is 13.0 Å². The number of hydrogen-bond acceptors (Lipinski definition) is 4. The Labute approximate surface area is 80.9 Å². The van der Waals surface area contributed by atoms with Crippen LogP contribution in [0.3, 0.4) is 0 Å². The predicted molar refractivity (Wildman–Crippen MR) is 51.8 cm³/mol. The molecule has 0 radical (unpaired) electrons. The molecule has 3 N–H and O–H groups in total. The fraction of sp³-hybridized carbons (Fsp3) is 0.333. The van der Waals surface area contributed by atoms with Crippen LogP contribution < -0.4 is 11.3 Å². The Morgan fingerprint density at radius 2 is 2.36 bits per heavy atom. The maximum absolute atomic E-state index is 11.1. The van der Waals surface area contributed by atoms with Gasteiger partial charge in [0.25, 0.3) is 5.56 Å². The summed E-state index contributed by atoms with van der Waals surface area (Å²) in [7, 11) is 0. The molecule has 0 saturated heterocycles. The predicted octanol–water partition coefficient (Wildman–Crippen LogP) is 0.0627. The smallest absolute Gasteiger partial charge is 0.310 e. The molecule has 5 heteroatoms. The summed E-state index contributed by atoms with van der Waals surface area (Å²) in [6.07, 6.45) is 1.48. The van der Waals surface area contributed by atoms with Crippen molar-refractivity contribution in [1.82, 2.24) is 4.98 Å². The number of ether oxygens (including phenoxy) is 1. The van der Waals surface area contributed by atoms with Gasteiger partial charge in [-0.25, -0.2) is 0 Å². The van der Waals surface area contributed by atoms with E-state index in [2.05, 4.69) is 4.98 Å². The number of hydrogen-bond donors (Lipinski definition) is 2. The van der Waals surface area contributed by atoms with E-state index in [-0.39, 0.29) is 23.6 Å². The lowest BCUT2D eigenvalue weighted by Gasteiger charge is -2.03. The number of carbonyl (C=O) groups excluding carboxylic acids is 1. The standard InChI is InChI=1S/C9H12N2O3/c1-2-14-7(12)5-6-3-4-11-9(13)8(6)10/h3-4H,2,5,10H2,1H3,(H,11,13). The highest BCUT2D eigenvalue weighted by Crippen LogP contribution is 2.05. The molecule has 0 saturated carbocycles. The summed E-state index contributed by atoms with van der Waals surface area (Å²) in [5, 5.41) is 0. The van der Waals surface area contributed by atoms with Gasteiger partial charge in [0.15, 0.2) is 0 Å². The van der Waals surface area contributed by atoms with Gasteiger partial charge in [-0.3, -0.25) is 9.59 Å². The van der Waals surface area contributed by atoms with E-state index >= 15 is 0 Å². The Balaban J connectivity index is 2.82. The quantitative estimate of drug-likeness (QED) is 0.669. The van der Waals surface area contributed by atoms with Gasteiger partial charge >= 0.3 is 5.97 Å². The van der Waals surface area contributed by atoms with E-state index < -0.39 is 0 Å². The molecule has 0 aliphatic heterocycles. The Morgan fingerprint density at radius 3 is 3.00 bits per heavy atom. The second kappa shape index (κ2) is 4.45. The molecule has 0 bridgehead atoms. The van der Waals surface area contributed by atoms with Crippen LogP contribution in [-0.4, -0.2) is 17.6 Å². The second-order valence-electron chi connectivity index (χ2n) is 2.73. The molecular weight excluding hydrogens is 184 g/mol. The highest BCUT2D eigenvalue weighted by Gasteiger charge is 2.08. The lowest BCUT2D eigenvalue weighted by atomic mass is 10.1. The van der Waals surface area contributed by atoms with Gasteiger partial charge in [-0.05, 0) is 18.6 Å². The van der Waals surface area contributed by atoms with E-state index in [1.807, 2.05) is 0 Å². The van der Waals surface area contributed by atoms with Crippen molar-refractivity contribution in [2.75, 3.05) is 12.3 Å². The van der Waals surface area contributed by atoms with Crippen LogP contribution >= 0.6 is 0 Å². The largest absolute Gasteiger partial charge is 0.466 e. The molecule has 0 unspecified atom stereocenters. The van der Waals surface area contributed by atoms with Crippen molar-refractivity contribution in [3.63, 3.8) is 0 Å². The summed E-state index contributed by atoms with van der Waals surface area (Å²) in [5.74, 6) is -0.384. The third-order valence-corrected chi connectivity index (χ3v) is 1.73. The van der Waals surface area contributed by atoms with Crippen LogP contribution in [0, 0.1) is 0 Å². The minimum Gasteiger partial charge on any atom is -0.466 e. The van der Waals surface area contributed by atoms with Gasteiger partial charge in [0.1, 0.15) is 5.69 Å². The first kappa shape index (κ1) is 10.3. The van der Waals surface area contributed by atoms with Crippen LogP contribution in [0.2, 0.25) is 0 Å². The lowest BCUT2D eigenvalue weighted by Crippen LogP contribution is -2.16. The summed E-state index contributed by atoms with van der Waals surface area (Å²) >= 11 is 0. The number of aromatic amines is 1. The summed E-state index contributed by atoms with van der Waals surface area (Å²) in [6, 6.07) is 1.59. The molecule has 0 aliphatic carbocycles. The number of esters is 1. The first-order chi connectivity index (χ1) is 6.65. The minimum absolute atomic E-state index is 0.0313. The number of H-pyrrole nitrogens is 1. The normalized spacial score (nSPS) is 9.79. The van der Waals surface area contributed by atoms with E-state index in [1.54, 1.807) is 13.0 Å². The van der Waals surface area contributed by atoms with Crippen LogP contribution in [0.25, 0.3) is 0 Å². The topological polar surface area (TPSA) is 85.2 Å². The molecule has 1 aromatic heterocycles. The molecule has 0 aromatic carbocycles. The van der Waals surface area contributed by atoms with Gasteiger partial charge in [-0.2, -0.15) is 0 Å². The summed E-state index contributed by atoms with van der Waals surface area (Å²) in [6.45, 7) is 2.04. The Hall–Kier alpha value is -1.78. The minimum atomic E-state index is -0.384. The number of carbonyl (C=O) groups is 1. The number of pyridine rings is 1. The molecule has 0 atom stereocenters. The molecule has 0 spiro atoms. The summed E-state index contributed by atoms with van der Waals surface area (Å²) in [4.78, 5) is 24.5. The van der Waals surface area contributed by atoms with E-state index in [1.165, 1.54) is 6.20 Å². The molecule has 1 rings (SSSR count).